The van der Waals surface area contributed by atoms with Crippen molar-refractivity contribution in [1.82, 2.24) is 0 Å². The largest absolute Gasteiger partial charge is 0.135 e. The summed E-state index contributed by atoms with van der Waals surface area (Å²) in [5.74, 6) is 0. The summed E-state index contributed by atoms with van der Waals surface area (Å²) in [6.07, 6.45) is 7.84. The smallest absolute Gasteiger partial charge is 0.0355 e. The van der Waals surface area contributed by atoms with E-state index in [1.54, 1.807) is 17.4 Å². The molecule has 0 bridgehead atoms. The van der Waals surface area contributed by atoms with Crippen molar-refractivity contribution in [1.29, 1.82) is 0 Å². The van der Waals surface area contributed by atoms with Crippen molar-refractivity contribution in [3.8, 4) is 0 Å². The number of hydrogen-bond donors (Lipinski definition) is 0. The molecule has 1 heteroatoms. The topological polar surface area (TPSA) is 0 Å². The van der Waals surface area contributed by atoms with Gasteiger partial charge >= 0.3 is 0 Å². The summed E-state index contributed by atoms with van der Waals surface area (Å²) in [6, 6.07) is 10.6. The van der Waals surface area contributed by atoms with Gasteiger partial charge in [-0.3, -0.25) is 0 Å². The van der Waals surface area contributed by atoms with Gasteiger partial charge in [0, 0.05) is 9.58 Å². The van der Waals surface area contributed by atoms with Crippen LogP contribution in [-0.4, -0.2) is 0 Å². The zero-order valence-corrected chi connectivity index (χ0v) is 15.3. The van der Waals surface area contributed by atoms with Crippen LogP contribution in [0.2, 0.25) is 0 Å². The summed E-state index contributed by atoms with van der Waals surface area (Å²) < 4.78 is 1.30. The molecule has 0 aliphatic carbocycles. The predicted octanol–water partition coefficient (Wildman–Crippen LogP) is 7.66. The third-order valence-corrected chi connectivity index (χ3v) is 3.97. The van der Waals surface area contributed by atoms with Gasteiger partial charge in [0.25, 0.3) is 0 Å². The molecule has 22 heavy (non-hydrogen) atoms. The molecule has 2 aromatic rings. The van der Waals surface area contributed by atoms with Gasteiger partial charge in [-0.1, -0.05) is 83.4 Å². The highest BCUT2D eigenvalue weighted by Crippen LogP contribution is 2.33. The monoisotopic (exact) mass is 312 g/mol. The molecule has 0 unspecified atom stereocenters. The number of hydrogen-bond acceptors (Lipinski definition) is 1. The number of thiophene rings is 1. The molecule has 1 aromatic heterocycles. The molecule has 0 saturated heterocycles. The van der Waals surface area contributed by atoms with Crippen LogP contribution in [0.5, 0.6) is 0 Å². The van der Waals surface area contributed by atoms with Crippen LogP contribution in [-0.2, 0) is 0 Å². The van der Waals surface area contributed by atoms with E-state index in [2.05, 4.69) is 49.6 Å². The standard InChI is InChI=1S/C17H16S.2C2H6/c1-4-6-9-14(5-2)13(3)17-12-15-10-7-8-11-16(15)18-17;2*1-2/h4-12H,1,3H2,2H3;2*1-2H3/b9-6-,14-5+;;. The fourth-order valence-corrected chi connectivity index (χ4v) is 2.87. The number of allylic oxidation sites excluding steroid dienone is 6. The summed E-state index contributed by atoms with van der Waals surface area (Å²) >= 11 is 1.78. The Morgan fingerprint density at radius 1 is 1.09 bits per heavy atom. The van der Waals surface area contributed by atoms with E-state index >= 15 is 0 Å². The van der Waals surface area contributed by atoms with Crippen LogP contribution in [0.3, 0.4) is 0 Å². The minimum absolute atomic E-state index is 1.07. The van der Waals surface area contributed by atoms with Crippen LogP contribution in [0, 0.1) is 0 Å². The first-order valence-corrected chi connectivity index (χ1v) is 8.71. The molecule has 0 radical (unpaired) electrons. The Morgan fingerprint density at radius 3 is 2.27 bits per heavy atom. The minimum Gasteiger partial charge on any atom is -0.135 e. The highest BCUT2D eigenvalue weighted by molar-refractivity contribution is 7.20. The second kappa shape index (κ2) is 11.8. The Bertz CT molecular complexity index is 606. The maximum Gasteiger partial charge on any atom is 0.0355 e. The van der Waals surface area contributed by atoms with E-state index in [0.29, 0.717) is 0 Å². The number of benzene rings is 1. The van der Waals surface area contributed by atoms with Crippen molar-refractivity contribution < 1.29 is 0 Å². The summed E-state index contributed by atoms with van der Waals surface area (Å²) in [5.41, 5.74) is 2.21. The quantitative estimate of drug-likeness (QED) is 0.508. The molecular weight excluding hydrogens is 284 g/mol. The molecule has 0 nitrogen and oxygen atoms in total. The Kier molecular flexibility index (Phi) is 10.8. The first kappa shape index (κ1) is 20.1. The second-order valence-corrected chi connectivity index (χ2v) is 5.05. The van der Waals surface area contributed by atoms with Crippen LogP contribution in [0.1, 0.15) is 39.5 Å². The van der Waals surface area contributed by atoms with Gasteiger partial charge in [0.05, 0.1) is 0 Å². The van der Waals surface area contributed by atoms with E-state index in [-0.39, 0.29) is 0 Å². The molecule has 0 atom stereocenters. The highest BCUT2D eigenvalue weighted by atomic mass is 32.1. The van der Waals surface area contributed by atoms with E-state index in [1.165, 1.54) is 15.0 Å². The fraction of sp³-hybridized carbons (Fsp3) is 0.238. The molecule has 2 rings (SSSR count). The predicted molar refractivity (Wildman–Crippen MR) is 107 cm³/mol. The van der Waals surface area contributed by atoms with E-state index in [1.807, 2.05) is 46.8 Å². The molecular formula is C21H28S. The zero-order chi connectivity index (χ0) is 17.0. The average molecular weight is 313 g/mol. The van der Waals surface area contributed by atoms with Crippen LogP contribution in [0.4, 0.5) is 0 Å². The molecule has 0 aliphatic heterocycles. The minimum atomic E-state index is 1.07. The molecule has 1 heterocycles. The van der Waals surface area contributed by atoms with E-state index < -0.39 is 0 Å². The van der Waals surface area contributed by atoms with Crippen LogP contribution in [0.15, 0.2) is 73.4 Å². The first-order chi connectivity index (χ1) is 10.8. The molecule has 0 aliphatic rings. The second-order valence-electron chi connectivity index (χ2n) is 3.97. The van der Waals surface area contributed by atoms with Crippen molar-refractivity contribution in [3.63, 3.8) is 0 Å². The van der Waals surface area contributed by atoms with Gasteiger partial charge in [-0.25, -0.2) is 0 Å². The van der Waals surface area contributed by atoms with Gasteiger partial charge < -0.3 is 0 Å². The van der Waals surface area contributed by atoms with E-state index in [4.69, 9.17) is 0 Å². The van der Waals surface area contributed by atoms with Crippen LogP contribution < -0.4 is 0 Å². The third-order valence-electron chi connectivity index (χ3n) is 2.79. The van der Waals surface area contributed by atoms with Crippen LogP contribution in [0.25, 0.3) is 15.7 Å². The Hall–Kier alpha value is -1.86. The molecule has 0 amide bonds. The molecule has 118 valence electrons. The van der Waals surface area contributed by atoms with Gasteiger partial charge in [0.1, 0.15) is 0 Å². The molecule has 0 N–H and O–H groups in total. The lowest BCUT2D eigenvalue weighted by atomic mass is 10.1. The summed E-state index contributed by atoms with van der Waals surface area (Å²) in [6.45, 7) is 17.9. The van der Waals surface area contributed by atoms with Gasteiger partial charge in [-0.05, 0) is 35.6 Å². The Balaban J connectivity index is 0.00000102. The molecule has 1 aromatic carbocycles. The lowest BCUT2D eigenvalue weighted by Gasteiger charge is -2.02. The molecule has 0 spiro atoms. The van der Waals surface area contributed by atoms with Crippen LogP contribution >= 0.6 is 11.3 Å². The summed E-state index contributed by atoms with van der Waals surface area (Å²) in [4.78, 5) is 1.22. The number of fused-ring (bicyclic) bond motifs is 1. The SMILES string of the molecule is C=C/C=C\C(=C/C)C(=C)c1cc2ccccc2s1.CC.CC. The van der Waals surface area contributed by atoms with Gasteiger partial charge in [-0.15, -0.1) is 11.3 Å². The summed E-state index contributed by atoms with van der Waals surface area (Å²) in [7, 11) is 0. The average Bonchev–Trinajstić information content (AvgIpc) is 3.03. The Labute approximate surface area is 140 Å². The highest BCUT2D eigenvalue weighted by Gasteiger charge is 2.06. The maximum absolute atomic E-state index is 4.20. The first-order valence-electron chi connectivity index (χ1n) is 7.90. The maximum atomic E-state index is 4.20. The zero-order valence-electron chi connectivity index (χ0n) is 14.5. The molecule has 0 saturated carbocycles. The van der Waals surface area contributed by atoms with Gasteiger partial charge in [0.2, 0.25) is 0 Å². The van der Waals surface area contributed by atoms with Crippen molar-refractivity contribution in [2.45, 2.75) is 34.6 Å². The molecule has 0 fully saturated rings. The van der Waals surface area contributed by atoms with Gasteiger partial charge in [0.15, 0.2) is 0 Å². The van der Waals surface area contributed by atoms with Crippen molar-refractivity contribution in [2.24, 2.45) is 0 Å². The Morgan fingerprint density at radius 2 is 1.73 bits per heavy atom. The lowest BCUT2D eigenvalue weighted by Crippen LogP contribution is -1.81. The number of rotatable bonds is 4. The van der Waals surface area contributed by atoms with Crippen molar-refractivity contribution in [3.05, 3.63) is 78.2 Å². The van der Waals surface area contributed by atoms with E-state index in [0.717, 1.165) is 11.1 Å². The van der Waals surface area contributed by atoms with Gasteiger partial charge in [-0.2, -0.15) is 0 Å². The normalized spacial score (nSPS) is 10.5. The van der Waals surface area contributed by atoms with Crippen molar-refractivity contribution in [2.75, 3.05) is 0 Å². The summed E-state index contributed by atoms with van der Waals surface area (Å²) in [5, 5.41) is 1.28. The fourth-order valence-electron chi connectivity index (χ4n) is 1.82. The van der Waals surface area contributed by atoms with Crippen molar-refractivity contribution >= 4 is 27.0 Å². The van der Waals surface area contributed by atoms with E-state index in [9.17, 15) is 0 Å². The third kappa shape index (κ3) is 5.50. The lowest BCUT2D eigenvalue weighted by molar-refractivity contribution is 1.50.